The number of sulfonamides is 1. The third kappa shape index (κ3) is 5.22. The number of aryl methyl sites for hydroxylation is 4. The van der Waals surface area contributed by atoms with Crippen LogP contribution in [0.4, 0.5) is 5.69 Å². The number of amides is 1. The van der Waals surface area contributed by atoms with Crippen molar-refractivity contribution in [2.24, 2.45) is 0 Å². The molecule has 1 aliphatic carbocycles. The third-order valence-electron chi connectivity index (χ3n) is 5.98. The molecule has 30 heavy (non-hydrogen) atoms. The van der Waals surface area contributed by atoms with Crippen molar-refractivity contribution in [3.63, 3.8) is 0 Å². The highest BCUT2D eigenvalue weighted by Crippen LogP contribution is 2.26. The Morgan fingerprint density at radius 2 is 1.73 bits per heavy atom. The molecule has 162 valence electrons. The average Bonchev–Trinajstić information content (AvgIpc) is 2.71. The van der Waals surface area contributed by atoms with Crippen LogP contribution in [0.15, 0.2) is 36.4 Å². The van der Waals surface area contributed by atoms with Gasteiger partial charge < -0.3 is 5.32 Å². The molecule has 0 saturated heterocycles. The lowest BCUT2D eigenvalue weighted by molar-refractivity contribution is -0.120. The lowest BCUT2D eigenvalue weighted by atomic mass is 9.89. The first-order valence-corrected chi connectivity index (χ1v) is 12.5. The van der Waals surface area contributed by atoms with E-state index < -0.39 is 10.0 Å². The van der Waals surface area contributed by atoms with E-state index in [1.807, 2.05) is 32.9 Å². The van der Waals surface area contributed by atoms with Crippen LogP contribution in [-0.2, 0) is 27.7 Å². The summed E-state index contributed by atoms with van der Waals surface area (Å²) >= 11 is 0. The van der Waals surface area contributed by atoms with Crippen molar-refractivity contribution < 1.29 is 13.2 Å². The van der Waals surface area contributed by atoms with E-state index >= 15 is 0 Å². The minimum Gasteiger partial charge on any atom is -0.348 e. The Kier molecular flexibility index (Phi) is 6.86. The number of fused-ring (bicyclic) bond motifs is 1. The molecule has 0 bridgehead atoms. The van der Waals surface area contributed by atoms with Crippen LogP contribution < -0.4 is 9.62 Å². The summed E-state index contributed by atoms with van der Waals surface area (Å²) in [6, 6.07) is 11.8. The summed E-state index contributed by atoms with van der Waals surface area (Å²) in [7, 11) is -3.59. The molecular formula is C24H32N2O3S. The van der Waals surface area contributed by atoms with E-state index in [9.17, 15) is 13.2 Å². The molecule has 0 fully saturated rings. The predicted molar refractivity (Wildman–Crippen MR) is 122 cm³/mol. The second kappa shape index (κ2) is 9.21. The van der Waals surface area contributed by atoms with Crippen LogP contribution in [-0.4, -0.2) is 27.1 Å². The van der Waals surface area contributed by atoms with Gasteiger partial charge in [0.05, 0.1) is 18.0 Å². The Morgan fingerprint density at radius 1 is 1.03 bits per heavy atom. The minimum absolute atomic E-state index is 0.133. The van der Waals surface area contributed by atoms with Crippen molar-refractivity contribution in [3.05, 3.63) is 64.2 Å². The standard InChI is InChI=1S/C24H32N2O3S/c1-5-23(21-12-11-19-8-6-7-9-20(19)15-21)25-24(27)16-26(30(4,28)29)22-13-10-17(2)18(3)14-22/h10-15,23H,5-9,16H2,1-4H3,(H,25,27)/t23-/m1/s1. The number of nitrogens with zero attached hydrogens (tertiary/aromatic N) is 1. The van der Waals surface area contributed by atoms with Crippen LogP contribution >= 0.6 is 0 Å². The number of hydrogen-bond donors (Lipinski definition) is 1. The molecule has 1 aliphatic rings. The summed E-state index contributed by atoms with van der Waals surface area (Å²) in [6.07, 6.45) is 6.53. The Bertz CT molecular complexity index is 1030. The summed E-state index contributed by atoms with van der Waals surface area (Å²) in [5.41, 5.74) is 6.45. The number of carbonyl (C=O) groups is 1. The molecule has 2 aromatic rings. The molecule has 0 spiro atoms. The molecule has 1 N–H and O–H groups in total. The Labute approximate surface area is 180 Å². The van der Waals surface area contributed by atoms with E-state index in [2.05, 4.69) is 23.5 Å². The highest BCUT2D eigenvalue weighted by molar-refractivity contribution is 7.92. The fourth-order valence-corrected chi connectivity index (χ4v) is 4.89. The van der Waals surface area contributed by atoms with Crippen molar-refractivity contribution in [3.8, 4) is 0 Å². The third-order valence-corrected chi connectivity index (χ3v) is 7.12. The van der Waals surface area contributed by atoms with E-state index in [0.717, 1.165) is 42.2 Å². The second-order valence-electron chi connectivity index (χ2n) is 8.30. The predicted octanol–water partition coefficient (Wildman–Crippen LogP) is 4.22. The molecule has 6 heteroatoms. The van der Waals surface area contributed by atoms with Gasteiger partial charge in [-0.1, -0.05) is 31.2 Å². The van der Waals surface area contributed by atoms with E-state index in [4.69, 9.17) is 0 Å². The normalized spacial score (nSPS) is 14.7. The summed E-state index contributed by atoms with van der Waals surface area (Å²) in [5, 5.41) is 3.04. The fourth-order valence-electron chi connectivity index (χ4n) is 4.04. The van der Waals surface area contributed by atoms with Gasteiger partial charge in [-0.2, -0.15) is 0 Å². The smallest absolute Gasteiger partial charge is 0.241 e. The van der Waals surface area contributed by atoms with Gasteiger partial charge in [0.15, 0.2) is 0 Å². The minimum atomic E-state index is -3.59. The fraction of sp³-hybridized carbons (Fsp3) is 0.458. The first-order valence-electron chi connectivity index (χ1n) is 10.6. The van der Waals surface area contributed by atoms with Crippen molar-refractivity contribution in [1.82, 2.24) is 5.32 Å². The number of hydrogen-bond acceptors (Lipinski definition) is 3. The molecule has 1 amide bonds. The van der Waals surface area contributed by atoms with Crippen LogP contribution in [0.3, 0.4) is 0 Å². The quantitative estimate of drug-likeness (QED) is 0.718. The molecule has 0 saturated carbocycles. The topological polar surface area (TPSA) is 66.5 Å². The van der Waals surface area contributed by atoms with Gasteiger partial charge in [-0.05, 0) is 85.9 Å². The number of benzene rings is 2. The van der Waals surface area contributed by atoms with Gasteiger partial charge in [0.2, 0.25) is 15.9 Å². The number of carbonyl (C=O) groups excluding carboxylic acids is 1. The molecule has 0 aliphatic heterocycles. The molecule has 0 unspecified atom stereocenters. The largest absolute Gasteiger partial charge is 0.348 e. The average molecular weight is 429 g/mol. The maximum absolute atomic E-state index is 12.8. The Morgan fingerprint density at radius 3 is 2.37 bits per heavy atom. The first-order chi connectivity index (χ1) is 14.2. The Balaban J connectivity index is 1.77. The highest BCUT2D eigenvalue weighted by Gasteiger charge is 2.23. The van der Waals surface area contributed by atoms with Gasteiger partial charge >= 0.3 is 0 Å². The summed E-state index contributed by atoms with van der Waals surface area (Å²) in [4.78, 5) is 12.8. The zero-order valence-corrected chi connectivity index (χ0v) is 19.2. The molecule has 0 heterocycles. The van der Waals surface area contributed by atoms with Crippen LogP contribution in [0, 0.1) is 13.8 Å². The van der Waals surface area contributed by atoms with Crippen LogP contribution in [0.2, 0.25) is 0 Å². The number of rotatable bonds is 7. The van der Waals surface area contributed by atoms with Gasteiger partial charge in [0, 0.05) is 0 Å². The van der Waals surface area contributed by atoms with Crippen LogP contribution in [0.25, 0.3) is 0 Å². The SMILES string of the molecule is CC[C@@H](NC(=O)CN(c1ccc(C)c(C)c1)S(C)(=O)=O)c1ccc2c(c1)CCCC2. The molecule has 3 rings (SSSR count). The summed E-state index contributed by atoms with van der Waals surface area (Å²) < 4.78 is 26.0. The van der Waals surface area contributed by atoms with Gasteiger partial charge in [-0.25, -0.2) is 8.42 Å². The van der Waals surface area contributed by atoms with E-state index in [-0.39, 0.29) is 18.5 Å². The van der Waals surface area contributed by atoms with E-state index in [1.165, 1.54) is 28.3 Å². The monoisotopic (exact) mass is 428 g/mol. The van der Waals surface area contributed by atoms with Gasteiger partial charge in [0.1, 0.15) is 6.54 Å². The van der Waals surface area contributed by atoms with Gasteiger partial charge in [0.25, 0.3) is 0 Å². The lowest BCUT2D eigenvalue weighted by Gasteiger charge is -2.25. The summed E-state index contributed by atoms with van der Waals surface area (Å²) in [6.45, 7) is 5.70. The molecule has 0 radical (unpaired) electrons. The molecule has 5 nitrogen and oxygen atoms in total. The van der Waals surface area contributed by atoms with Crippen LogP contribution in [0.1, 0.15) is 60.0 Å². The first kappa shape index (κ1) is 22.3. The number of anilines is 1. The van der Waals surface area contributed by atoms with Crippen molar-refractivity contribution >= 4 is 21.6 Å². The maximum Gasteiger partial charge on any atom is 0.241 e. The van der Waals surface area contributed by atoms with Gasteiger partial charge in [-0.15, -0.1) is 0 Å². The van der Waals surface area contributed by atoms with Gasteiger partial charge in [-0.3, -0.25) is 9.10 Å². The summed E-state index contributed by atoms with van der Waals surface area (Å²) in [5.74, 6) is -0.303. The highest BCUT2D eigenvalue weighted by atomic mass is 32.2. The zero-order valence-electron chi connectivity index (χ0n) is 18.4. The van der Waals surface area contributed by atoms with Crippen LogP contribution in [0.5, 0.6) is 0 Å². The molecular weight excluding hydrogens is 396 g/mol. The molecule has 2 aromatic carbocycles. The van der Waals surface area contributed by atoms with Crippen molar-refractivity contribution in [2.75, 3.05) is 17.1 Å². The second-order valence-corrected chi connectivity index (χ2v) is 10.2. The Hall–Kier alpha value is -2.34. The zero-order chi connectivity index (χ0) is 21.9. The maximum atomic E-state index is 12.8. The number of nitrogens with one attached hydrogen (secondary N) is 1. The van der Waals surface area contributed by atoms with E-state index in [0.29, 0.717) is 5.69 Å². The van der Waals surface area contributed by atoms with Crippen molar-refractivity contribution in [1.29, 1.82) is 0 Å². The molecule has 0 aromatic heterocycles. The lowest BCUT2D eigenvalue weighted by Crippen LogP contribution is -2.41. The van der Waals surface area contributed by atoms with Crippen molar-refractivity contribution in [2.45, 2.75) is 58.9 Å². The van der Waals surface area contributed by atoms with E-state index in [1.54, 1.807) is 6.07 Å². The molecule has 1 atom stereocenters.